The van der Waals surface area contributed by atoms with Crippen molar-refractivity contribution < 1.29 is 9.84 Å². The molecule has 1 N–H and O–H groups in total. The topological polar surface area (TPSA) is 85.4 Å². The molecule has 51 atom stereocenters. The molecular weight excluding hydrogens is 3030 g/mol. The van der Waals surface area contributed by atoms with Crippen LogP contribution < -0.4 is 4.74 Å². The van der Waals surface area contributed by atoms with Gasteiger partial charge in [0.05, 0.1) is 7.11 Å². The van der Waals surface area contributed by atoms with Crippen molar-refractivity contribution in [1.29, 1.82) is 0 Å². The van der Waals surface area contributed by atoms with Crippen LogP contribution in [-0.4, -0.2) is 32.2 Å². The minimum absolute atomic E-state index is 0.0226. The van der Waals surface area contributed by atoms with E-state index >= 15 is 0 Å². The van der Waals surface area contributed by atoms with Gasteiger partial charge in [0.2, 0.25) is 6.33 Å². The average Bonchev–Trinajstić information content (AvgIpc) is 0.719. The van der Waals surface area contributed by atoms with Crippen molar-refractivity contribution in [3.63, 3.8) is 0 Å². The number of aryl methyl sites for hydroxylation is 2. The molecule has 0 radical (unpaired) electrons. The van der Waals surface area contributed by atoms with Gasteiger partial charge >= 0.3 is 5.82 Å². The van der Waals surface area contributed by atoms with E-state index in [0.29, 0.717) is 22.3 Å². The number of aromatic hydroxyl groups is 1. The Hall–Kier alpha value is 32.1. The smallest absolute Gasteiger partial charge is 0.315 e. The number of ether oxygens (including phenoxy) is 1. The van der Waals surface area contributed by atoms with Crippen molar-refractivity contribution in [1.82, 2.24) is 19.9 Å². The first kappa shape index (κ1) is 146. The van der Waals surface area contributed by atoms with Crippen molar-refractivity contribution in [2.24, 2.45) is 0 Å². The van der Waals surface area contributed by atoms with Crippen LogP contribution in [0.2, 0.25) is 5.15 Å². The molecule has 2 heterocycles. The zero-order chi connectivity index (χ0) is 90.0. The second-order valence-electron chi connectivity index (χ2n) is 19.8. The van der Waals surface area contributed by atoms with Crippen LogP contribution in [0.4, 0.5) is 5.82 Å². The highest BCUT2D eigenvalue weighted by Gasteiger charge is 2.63. The Morgan fingerprint density at radius 2 is 0.534 bits per heavy atom. The largest absolute Gasteiger partial charge is 0.515 e. The number of hydrogen-bond acceptors (Lipinski definition) is 6. The number of benzene rings is 2. The van der Waals surface area contributed by atoms with Gasteiger partial charge in [-0.05, 0) is 286 Å². The van der Waals surface area contributed by atoms with Crippen LogP contribution in [0.25, 0.3) is 27.4 Å². The summed E-state index contributed by atoms with van der Waals surface area (Å²) in [6.45, 7) is 2.69. The predicted octanol–water partition coefficient (Wildman–Crippen LogP) is 54.6. The maximum absolute atomic E-state index is 9.77. The fourth-order valence-electron chi connectivity index (χ4n) is 7.62. The first-order valence-electron chi connectivity index (χ1n) is 28.6. The van der Waals surface area contributed by atoms with Gasteiger partial charge in [-0.2, -0.15) is 0 Å². The molecule has 116 heavy (non-hydrogen) atoms. The third-order valence-corrected chi connectivity index (χ3v) is 584. The van der Waals surface area contributed by atoms with Gasteiger partial charge in [-0.3, -0.25) is 0 Å². The van der Waals surface area contributed by atoms with Gasteiger partial charge in [0.25, 0.3) is 0 Å². The minimum Gasteiger partial charge on any atom is -0.515 e. The van der Waals surface area contributed by atoms with E-state index in [0.717, 1.165) is 32.6 Å². The van der Waals surface area contributed by atoms with Gasteiger partial charge in [-0.1, -0.05) is 93.7 Å². The Balaban J connectivity index is 0.00000112. The van der Waals surface area contributed by atoms with Gasteiger partial charge in [0.15, 0.2) is 16.7 Å². The molecule has 0 aliphatic rings. The summed E-state index contributed by atoms with van der Waals surface area (Å²) >= 11 is 5.93. The average molecular weight is 3140 g/mol. The quantitative estimate of drug-likeness (QED) is 0.0270. The second kappa shape index (κ2) is 80.8. The zero-order valence-corrected chi connectivity index (χ0v) is 148. The fraction of sp³-hybridized carbons (Fsp3) is 0.125. The van der Waals surface area contributed by atoms with Gasteiger partial charge in [-0.15, -0.1) is 389 Å². The van der Waals surface area contributed by atoms with E-state index in [9.17, 15) is 5.11 Å². The molecule has 0 aliphatic carbocycles. The molecule has 0 saturated carbocycles. The zero-order valence-electron chi connectivity index (χ0n) is 61.0. The van der Waals surface area contributed by atoms with E-state index in [1.165, 1.54) is 18.2 Å². The second-order valence-corrected chi connectivity index (χ2v) is 360. The summed E-state index contributed by atoms with van der Waals surface area (Å²) < 4.78 is 5.20. The van der Waals surface area contributed by atoms with E-state index < -0.39 is 0 Å². The third kappa shape index (κ3) is 51.6. The molecule has 2 aromatic carbocycles. The number of halogens is 1. The Morgan fingerprint density at radius 1 is 0.310 bits per heavy atom. The lowest BCUT2D eigenvalue weighted by Crippen LogP contribution is -1.94. The third-order valence-electron chi connectivity index (χ3n) is 11.7. The van der Waals surface area contributed by atoms with E-state index in [2.05, 4.69) is 409 Å². The molecule has 0 amide bonds. The summed E-state index contributed by atoms with van der Waals surface area (Å²) in [5.74, 6) is 0.319. The fourth-order valence-corrected chi connectivity index (χ4v) is 1170. The first-order chi connectivity index (χ1) is 53.7. The normalized spacial score (nSPS) is 14.8. The van der Waals surface area contributed by atoms with Crippen LogP contribution >= 0.6 is 684 Å². The Labute approximate surface area is 851 Å². The van der Waals surface area contributed by atoms with Gasteiger partial charge in [0, 0.05) is 11.1 Å². The Morgan fingerprint density at radius 3 is 0.767 bits per heavy atom. The molecule has 0 aliphatic heterocycles. The summed E-state index contributed by atoms with van der Waals surface area (Å²) in [7, 11) is 155. The van der Waals surface area contributed by atoms with Crippen molar-refractivity contribution in [2.45, 2.75) is 13.8 Å². The monoisotopic (exact) mass is 3140 g/mol. The molecule has 0 saturated heterocycles. The molecule has 51 unspecified atom stereocenters. The van der Waals surface area contributed by atoms with Crippen molar-refractivity contribution in [3.05, 3.63) is 88.9 Å². The lowest BCUT2D eigenvalue weighted by molar-refractivity contribution is 0.413. The van der Waals surface area contributed by atoms with Crippen molar-refractivity contribution in [2.75, 3.05) is 7.11 Å². The molecule has 4 aromatic rings. The highest BCUT2D eigenvalue weighted by molar-refractivity contribution is 9.56. The highest BCUT2D eigenvalue weighted by Crippen LogP contribution is 3.50. The predicted molar refractivity (Wildman–Crippen MR) is 828 cm³/mol. The molecule has 2 aromatic heterocycles. The van der Waals surface area contributed by atoms with Crippen molar-refractivity contribution in [3.8, 4) is 34.0 Å². The maximum atomic E-state index is 9.77. The Kier molecular flexibility index (Phi) is 102. The summed E-state index contributed by atoms with van der Waals surface area (Å²) in [5.41, 5.74) is 5.16. The van der Waals surface area contributed by atoms with E-state index in [-0.39, 0.29) is 284 Å². The van der Waals surface area contributed by atoms with E-state index in [4.69, 9.17) is 22.9 Å². The van der Waals surface area contributed by atoms with Crippen LogP contribution in [0.5, 0.6) is 11.5 Å². The number of methoxy groups -OCH3 is 1. The summed E-state index contributed by atoms with van der Waals surface area (Å²) in [4.78, 5) is 18.9. The minimum atomic E-state index is -0.347. The van der Waals surface area contributed by atoms with E-state index in [1.54, 1.807) is 7.11 Å². The standard InChI is InChI=1S/C12H11ClN2O.C12H9N3O.H71P69.H17P15/c1-8-3-5-9(6-4-8)10-11(16-2)12(13)15-7-14-10;1-8-3-5-9(6-4-8)10-11(16)12(13-2)15-7-14-10;1-36-54(37(2)3)63(55(38(4)5)39(6)7)67(62(52(32)33)53(34)35)69(66(60(48(24)25)49(26)27)61(50(28)29)51(30)31)68(64(56(40(8)9)41(10)11)57(42(12)13)43(14)15)65(58(44(16)17)45(18)19)59(46(20)21)47(22)23;1-9-13(8)15(12(6)7)14(10(2)3)11(4)5/h3-7H,1-2H3;3-7,16H,1H3;36H,1-35H2;9H,1-8H2. The highest BCUT2D eigenvalue weighted by atomic mass is 35.5. The first-order valence-corrected chi connectivity index (χ1v) is 181. The van der Waals surface area contributed by atoms with Crippen LogP contribution in [0.15, 0.2) is 61.2 Å². The van der Waals surface area contributed by atoms with Gasteiger partial charge in [-0.25, -0.2) is 15.0 Å². The molecule has 0 fully saturated rings. The molecule has 0 spiro atoms. The van der Waals surface area contributed by atoms with Crippen LogP contribution in [0.3, 0.4) is 0 Å². The molecule has 668 valence electrons. The lowest BCUT2D eigenvalue weighted by Gasteiger charge is -2.61. The van der Waals surface area contributed by atoms with Crippen LogP contribution in [0.1, 0.15) is 11.1 Å². The van der Waals surface area contributed by atoms with E-state index in [1.807, 2.05) is 62.4 Å². The van der Waals surface area contributed by atoms with Gasteiger partial charge in [0.1, 0.15) is 17.7 Å². The Bertz CT molecular complexity index is 3160. The SMILES string of the molecule is COc1c(Cl)ncnc1-c1ccc(C)cc1.PPP(P(P)P)P(P(P(P)P)P(P)P)P(P(P(P)P)P(P)P)P(P(P(P(P)P)P(P)P)P(P(P)P)P(P)P)P(P(P(P(P)P)P(P)P)P(P(P)P)P(P)P)P(P(P(P)P)P(P)P)P(P(P)P)P(P)P.PPP(P)P(P(P)P)P(P(P)P)P(P)P.[C-]#[N+]c1ncnc(-c2ccc(C)cc2)c1O. The number of rotatable bonds is 42. The maximum Gasteiger partial charge on any atom is 0.315 e. The van der Waals surface area contributed by atoms with Crippen molar-refractivity contribution >= 4 is 690 Å². The molecule has 92 heteroatoms. The molecule has 4 rings (SSSR count). The number of hydrogen-bond donors (Lipinski definition) is 1. The van der Waals surface area contributed by atoms with Gasteiger partial charge < -0.3 is 14.7 Å². The summed E-state index contributed by atoms with van der Waals surface area (Å²) in [5, 5.41) is 10.1. The lowest BCUT2D eigenvalue weighted by atomic mass is 10.1. The van der Waals surface area contributed by atoms with Crippen LogP contribution in [-0.2, 0) is 0 Å². The van der Waals surface area contributed by atoms with Crippen LogP contribution in [0, 0.1) is 20.4 Å². The molecule has 7 nitrogen and oxygen atoms in total. The molecule has 0 bridgehead atoms. The summed E-state index contributed by atoms with van der Waals surface area (Å²) in [6, 6.07) is 15.6. The number of nitrogens with zero attached hydrogens (tertiary/aromatic N) is 5. The molecular formula is C24H108ClN5O2P84. The summed E-state index contributed by atoms with van der Waals surface area (Å²) in [6.07, 6.45) is 2.71. The number of aromatic nitrogens is 4.